The first-order valence-corrected chi connectivity index (χ1v) is 7.08. The Morgan fingerprint density at radius 1 is 1.21 bits per heavy atom. The lowest BCUT2D eigenvalue weighted by atomic mass is 10.1. The molecule has 2 N–H and O–H groups in total. The van der Waals surface area contributed by atoms with Crippen LogP contribution >= 0.6 is 0 Å². The van der Waals surface area contributed by atoms with Crippen LogP contribution in [0.4, 0.5) is 14.5 Å². The Bertz CT molecular complexity index is 672. The van der Waals surface area contributed by atoms with E-state index in [9.17, 15) is 23.2 Å². The summed E-state index contributed by atoms with van der Waals surface area (Å²) >= 11 is 0. The molecule has 0 spiro atoms. The van der Waals surface area contributed by atoms with Gasteiger partial charge in [0.15, 0.2) is 0 Å². The minimum Gasteiger partial charge on any atom is -0.466 e. The van der Waals surface area contributed by atoms with Crippen molar-refractivity contribution in [2.75, 3.05) is 19.0 Å². The smallest absolute Gasteiger partial charge is 0.330 e. The molecule has 0 bridgehead atoms. The number of carbonyl (C=O) groups is 3. The Balaban J connectivity index is 2.86. The molecule has 2 amide bonds. The molecule has 0 aromatic heterocycles. The maximum atomic E-state index is 13.8. The summed E-state index contributed by atoms with van der Waals surface area (Å²) < 4.78 is 31.8. The maximum absolute atomic E-state index is 13.8. The topological polar surface area (TPSA) is 84.5 Å². The van der Waals surface area contributed by atoms with Gasteiger partial charge >= 0.3 is 5.97 Å². The van der Waals surface area contributed by atoms with Crippen molar-refractivity contribution in [3.05, 3.63) is 41.5 Å². The third kappa shape index (κ3) is 5.45. The van der Waals surface area contributed by atoms with Crippen LogP contribution in [0, 0.1) is 17.6 Å². The molecular formula is C16H18F2N2O4. The fourth-order valence-corrected chi connectivity index (χ4v) is 1.57. The molecular weight excluding hydrogens is 322 g/mol. The first-order chi connectivity index (χ1) is 11.3. The fourth-order valence-electron chi connectivity index (χ4n) is 1.57. The van der Waals surface area contributed by atoms with Crippen LogP contribution in [0.1, 0.15) is 24.2 Å². The number of halogens is 2. The molecule has 0 unspecified atom stereocenters. The lowest BCUT2D eigenvalue weighted by Crippen LogP contribution is -2.25. The SMILES string of the molecule is COC(=O)/C=C/CNC(=O)c1cc(NC(=O)C(C)C)c(F)cc1F. The Morgan fingerprint density at radius 2 is 1.88 bits per heavy atom. The highest BCUT2D eigenvalue weighted by Gasteiger charge is 2.18. The molecule has 1 aromatic rings. The van der Waals surface area contributed by atoms with E-state index in [-0.39, 0.29) is 12.2 Å². The number of methoxy groups -OCH3 is 1. The van der Waals surface area contributed by atoms with Gasteiger partial charge in [-0.05, 0) is 6.07 Å². The number of amides is 2. The summed E-state index contributed by atoms with van der Waals surface area (Å²) in [6.45, 7) is 3.16. The summed E-state index contributed by atoms with van der Waals surface area (Å²) in [6.07, 6.45) is 2.40. The zero-order chi connectivity index (χ0) is 18.3. The second kappa shape index (κ2) is 8.76. The Kier molecular flexibility index (Phi) is 7.03. The number of hydrogen-bond acceptors (Lipinski definition) is 4. The molecule has 0 aliphatic heterocycles. The number of nitrogens with one attached hydrogen (secondary N) is 2. The summed E-state index contributed by atoms with van der Waals surface area (Å²) in [7, 11) is 1.20. The second-order valence-corrected chi connectivity index (χ2v) is 5.09. The van der Waals surface area contributed by atoms with E-state index in [1.807, 2.05) is 0 Å². The molecule has 0 aliphatic rings. The number of ether oxygens (including phenoxy) is 1. The van der Waals surface area contributed by atoms with E-state index in [0.29, 0.717) is 6.07 Å². The molecule has 0 aliphatic carbocycles. The number of anilines is 1. The van der Waals surface area contributed by atoms with E-state index in [1.54, 1.807) is 13.8 Å². The molecule has 0 saturated heterocycles. The van der Waals surface area contributed by atoms with Crippen molar-refractivity contribution in [2.45, 2.75) is 13.8 Å². The zero-order valence-electron chi connectivity index (χ0n) is 13.5. The summed E-state index contributed by atoms with van der Waals surface area (Å²) in [4.78, 5) is 34.4. The Morgan fingerprint density at radius 3 is 2.46 bits per heavy atom. The molecule has 1 aromatic carbocycles. The van der Waals surface area contributed by atoms with Gasteiger partial charge < -0.3 is 15.4 Å². The van der Waals surface area contributed by atoms with Gasteiger partial charge in [0, 0.05) is 24.6 Å². The fraction of sp³-hybridized carbons (Fsp3) is 0.312. The van der Waals surface area contributed by atoms with Gasteiger partial charge in [0.2, 0.25) is 5.91 Å². The molecule has 1 rings (SSSR count). The van der Waals surface area contributed by atoms with Gasteiger partial charge in [-0.25, -0.2) is 13.6 Å². The highest BCUT2D eigenvalue weighted by molar-refractivity contribution is 5.98. The Labute approximate surface area is 137 Å². The maximum Gasteiger partial charge on any atom is 0.330 e. The van der Waals surface area contributed by atoms with E-state index >= 15 is 0 Å². The van der Waals surface area contributed by atoms with Crippen molar-refractivity contribution in [1.82, 2.24) is 5.32 Å². The quantitative estimate of drug-likeness (QED) is 0.613. The van der Waals surface area contributed by atoms with Gasteiger partial charge in [0.05, 0.1) is 18.4 Å². The monoisotopic (exact) mass is 340 g/mol. The lowest BCUT2D eigenvalue weighted by molar-refractivity contribution is -0.134. The summed E-state index contributed by atoms with van der Waals surface area (Å²) in [6, 6.07) is 1.44. The van der Waals surface area contributed by atoms with Crippen LogP contribution in [-0.4, -0.2) is 31.4 Å². The largest absolute Gasteiger partial charge is 0.466 e. The second-order valence-electron chi connectivity index (χ2n) is 5.09. The number of carbonyl (C=O) groups excluding carboxylic acids is 3. The van der Waals surface area contributed by atoms with E-state index in [2.05, 4.69) is 15.4 Å². The van der Waals surface area contributed by atoms with Gasteiger partial charge in [-0.15, -0.1) is 0 Å². The van der Waals surface area contributed by atoms with Crippen molar-refractivity contribution in [1.29, 1.82) is 0 Å². The highest BCUT2D eigenvalue weighted by atomic mass is 19.1. The molecule has 130 valence electrons. The van der Waals surface area contributed by atoms with Crippen molar-refractivity contribution in [3.63, 3.8) is 0 Å². The summed E-state index contributed by atoms with van der Waals surface area (Å²) in [5.41, 5.74) is -0.715. The predicted molar refractivity (Wildman–Crippen MR) is 83.3 cm³/mol. The third-order valence-electron chi connectivity index (χ3n) is 2.92. The predicted octanol–water partition coefficient (Wildman–Crippen LogP) is 2.02. The zero-order valence-corrected chi connectivity index (χ0v) is 13.5. The average Bonchev–Trinajstić information content (AvgIpc) is 2.53. The van der Waals surface area contributed by atoms with Crippen LogP contribution in [0.15, 0.2) is 24.3 Å². The van der Waals surface area contributed by atoms with Crippen molar-refractivity contribution in [2.24, 2.45) is 5.92 Å². The standard InChI is InChI=1S/C16H18F2N2O4/c1-9(2)15(22)20-13-7-10(11(17)8-12(13)18)16(23)19-6-4-5-14(21)24-3/h4-5,7-9H,6H2,1-3H3,(H,19,23)(H,20,22)/b5-4+. The molecule has 0 radical (unpaired) electrons. The van der Waals surface area contributed by atoms with Crippen molar-refractivity contribution >= 4 is 23.5 Å². The normalized spacial score (nSPS) is 10.8. The number of benzene rings is 1. The lowest BCUT2D eigenvalue weighted by Gasteiger charge is -2.11. The van der Waals surface area contributed by atoms with Crippen molar-refractivity contribution < 1.29 is 27.9 Å². The molecule has 0 heterocycles. The van der Waals surface area contributed by atoms with Crippen LogP contribution in [0.3, 0.4) is 0 Å². The highest BCUT2D eigenvalue weighted by Crippen LogP contribution is 2.20. The first kappa shape index (κ1) is 19.3. The van der Waals surface area contributed by atoms with Gasteiger partial charge in [0.1, 0.15) is 11.6 Å². The van der Waals surface area contributed by atoms with Crippen molar-refractivity contribution in [3.8, 4) is 0 Å². The van der Waals surface area contributed by atoms with Crippen LogP contribution in [-0.2, 0) is 14.3 Å². The van der Waals surface area contributed by atoms with Gasteiger partial charge in [-0.2, -0.15) is 0 Å². The third-order valence-corrected chi connectivity index (χ3v) is 2.92. The van der Waals surface area contributed by atoms with Gasteiger partial charge in [-0.1, -0.05) is 19.9 Å². The van der Waals surface area contributed by atoms with E-state index in [1.165, 1.54) is 13.2 Å². The van der Waals surface area contributed by atoms with E-state index in [0.717, 1.165) is 12.1 Å². The molecule has 0 fully saturated rings. The molecule has 24 heavy (non-hydrogen) atoms. The summed E-state index contributed by atoms with van der Waals surface area (Å²) in [5.74, 6) is -4.34. The number of rotatable bonds is 6. The van der Waals surface area contributed by atoms with Crippen LogP contribution in [0.2, 0.25) is 0 Å². The molecule has 6 nitrogen and oxygen atoms in total. The van der Waals surface area contributed by atoms with Crippen LogP contribution in [0.25, 0.3) is 0 Å². The minimum atomic E-state index is -1.07. The van der Waals surface area contributed by atoms with Gasteiger partial charge in [-0.3, -0.25) is 9.59 Å². The first-order valence-electron chi connectivity index (χ1n) is 7.08. The summed E-state index contributed by atoms with van der Waals surface area (Å²) in [5, 5.41) is 4.62. The van der Waals surface area contributed by atoms with Crippen LogP contribution in [0.5, 0.6) is 0 Å². The minimum absolute atomic E-state index is 0.0571. The number of esters is 1. The van der Waals surface area contributed by atoms with Gasteiger partial charge in [0.25, 0.3) is 5.91 Å². The van der Waals surface area contributed by atoms with E-state index < -0.39 is 40.9 Å². The molecule has 0 atom stereocenters. The number of hydrogen-bond donors (Lipinski definition) is 2. The molecule has 0 saturated carbocycles. The van der Waals surface area contributed by atoms with E-state index in [4.69, 9.17) is 0 Å². The average molecular weight is 340 g/mol. The molecule has 8 heteroatoms. The van der Waals surface area contributed by atoms with Crippen LogP contribution < -0.4 is 10.6 Å². The Hall–Kier alpha value is -2.77.